The van der Waals surface area contributed by atoms with E-state index >= 15 is 0 Å². The van der Waals surface area contributed by atoms with Crippen LogP contribution in [0.2, 0.25) is 0 Å². The third-order valence-electron chi connectivity index (χ3n) is 1.89. The Hall–Kier alpha value is -0.740. The number of unbranched alkanes of at least 4 members (excludes halogenated alkanes) is 4. The van der Waals surface area contributed by atoms with Gasteiger partial charge < -0.3 is 0 Å². The van der Waals surface area contributed by atoms with E-state index in [1.165, 1.54) is 30.6 Å². The SMILES string of the molecule is CCCCCCC#Cc1cccs1. The molecule has 1 aromatic rings. The van der Waals surface area contributed by atoms with E-state index in [0.29, 0.717) is 0 Å². The Balaban J connectivity index is 2.11. The molecule has 0 unspecified atom stereocenters. The standard InChI is InChI=1S/C12H16S/c1-2-3-4-5-6-7-9-12-10-8-11-13-12/h8,10-11H,2-6H2,1H3. The second kappa shape index (κ2) is 6.74. The molecule has 13 heavy (non-hydrogen) atoms. The molecule has 0 N–H and O–H groups in total. The molecule has 0 bridgehead atoms. The fraction of sp³-hybridized carbons (Fsp3) is 0.500. The van der Waals surface area contributed by atoms with Gasteiger partial charge in [0.05, 0.1) is 4.88 Å². The molecule has 70 valence electrons. The number of hydrogen-bond acceptors (Lipinski definition) is 1. The minimum atomic E-state index is 1.05. The topological polar surface area (TPSA) is 0 Å². The van der Waals surface area contributed by atoms with Gasteiger partial charge in [-0.05, 0) is 17.9 Å². The summed E-state index contributed by atoms with van der Waals surface area (Å²) < 4.78 is 0. The van der Waals surface area contributed by atoms with Gasteiger partial charge in [-0.15, -0.1) is 11.3 Å². The van der Waals surface area contributed by atoms with E-state index in [1.54, 1.807) is 11.3 Å². The summed E-state index contributed by atoms with van der Waals surface area (Å²) in [4.78, 5) is 1.19. The Morgan fingerprint density at radius 2 is 2.23 bits per heavy atom. The maximum absolute atomic E-state index is 3.21. The molecule has 1 aromatic heterocycles. The highest BCUT2D eigenvalue weighted by Crippen LogP contribution is 2.06. The molecule has 0 saturated carbocycles. The van der Waals surface area contributed by atoms with Crippen molar-refractivity contribution in [2.24, 2.45) is 0 Å². The minimum Gasteiger partial charge on any atom is -0.135 e. The van der Waals surface area contributed by atoms with Crippen molar-refractivity contribution in [3.8, 4) is 11.8 Å². The maximum Gasteiger partial charge on any atom is 0.0768 e. The lowest BCUT2D eigenvalue weighted by Crippen LogP contribution is -1.73. The van der Waals surface area contributed by atoms with Crippen molar-refractivity contribution in [3.05, 3.63) is 22.4 Å². The molecule has 0 saturated heterocycles. The van der Waals surface area contributed by atoms with E-state index in [0.717, 1.165) is 6.42 Å². The number of thiophene rings is 1. The van der Waals surface area contributed by atoms with Gasteiger partial charge in [-0.3, -0.25) is 0 Å². The summed E-state index contributed by atoms with van der Waals surface area (Å²) >= 11 is 1.72. The number of rotatable bonds is 4. The predicted molar refractivity (Wildman–Crippen MR) is 60.0 cm³/mol. The van der Waals surface area contributed by atoms with Crippen molar-refractivity contribution in [2.75, 3.05) is 0 Å². The molecule has 1 rings (SSSR count). The lowest BCUT2D eigenvalue weighted by Gasteiger charge is -1.91. The van der Waals surface area contributed by atoms with E-state index in [2.05, 4.69) is 30.2 Å². The summed E-state index contributed by atoms with van der Waals surface area (Å²) in [7, 11) is 0. The first-order valence-corrected chi connectivity index (χ1v) is 5.84. The molecule has 0 aliphatic rings. The van der Waals surface area contributed by atoms with Crippen molar-refractivity contribution in [1.82, 2.24) is 0 Å². The van der Waals surface area contributed by atoms with Gasteiger partial charge in [0.15, 0.2) is 0 Å². The molecule has 1 heterocycles. The normalized spacial score (nSPS) is 9.31. The first kappa shape index (κ1) is 10.3. The van der Waals surface area contributed by atoms with Crippen LogP contribution in [-0.2, 0) is 0 Å². The van der Waals surface area contributed by atoms with Gasteiger partial charge in [0.2, 0.25) is 0 Å². The van der Waals surface area contributed by atoms with Crippen LogP contribution in [0.5, 0.6) is 0 Å². The fourth-order valence-corrected chi connectivity index (χ4v) is 1.73. The third kappa shape index (κ3) is 4.75. The molecular weight excluding hydrogens is 176 g/mol. The van der Waals surface area contributed by atoms with Gasteiger partial charge in [-0.25, -0.2) is 0 Å². The third-order valence-corrected chi connectivity index (χ3v) is 2.67. The van der Waals surface area contributed by atoms with E-state index in [-0.39, 0.29) is 0 Å². The number of hydrogen-bond donors (Lipinski definition) is 0. The Labute approximate surface area is 85.0 Å². The van der Waals surface area contributed by atoms with Crippen LogP contribution in [0.3, 0.4) is 0 Å². The van der Waals surface area contributed by atoms with Gasteiger partial charge in [0.1, 0.15) is 0 Å². The van der Waals surface area contributed by atoms with Crippen LogP contribution in [0.1, 0.15) is 43.9 Å². The lowest BCUT2D eigenvalue weighted by molar-refractivity contribution is 0.679. The van der Waals surface area contributed by atoms with Gasteiger partial charge in [0.25, 0.3) is 0 Å². The average Bonchev–Trinajstić information content (AvgIpc) is 2.63. The van der Waals surface area contributed by atoms with E-state index in [4.69, 9.17) is 0 Å². The van der Waals surface area contributed by atoms with Crippen LogP contribution in [0.25, 0.3) is 0 Å². The highest BCUT2D eigenvalue weighted by molar-refractivity contribution is 7.10. The highest BCUT2D eigenvalue weighted by Gasteiger charge is 1.85. The molecular formula is C12H16S. The minimum absolute atomic E-state index is 1.05. The molecule has 0 aromatic carbocycles. The molecule has 0 nitrogen and oxygen atoms in total. The first-order valence-electron chi connectivity index (χ1n) is 4.96. The first-order chi connectivity index (χ1) is 6.43. The molecule has 1 heteroatoms. The Morgan fingerprint density at radius 1 is 1.31 bits per heavy atom. The predicted octanol–water partition coefficient (Wildman–Crippen LogP) is 4.07. The van der Waals surface area contributed by atoms with E-state index < -0.39 is 0 Å². The molecule has 0 fully saturated rings. The summed E-state index contributed by atoms with van der Waals surface area (Å²) in [5.41, 5.74) is 0. The molecule has 0 aliphatic carbocycles. The van der Waals surface area contributed by atoms with Gasteiger partial charge in [0, 0.05) is 6.42 Å². The Bertz CT molecular complexity index is 261. The van der Waals surface area contributed by atoms with Crippen molar-refractivity contribution >= 4 is 11.3 Å². The van der Waals surface area contributed by atoms with Crippen LogP contribution < -0.4 is 0 Å². The Morgan fingerprint density at radius 3 is 2.92 bits per heavy atom. The molecule has 0 amide bonds. The van der Waals surface area contributed by atoms with Gasteiger partial charge in [-0.1, -0.05) is 44.1 Å². The average molecular weight is 192 g/mol. The van der Waals surface area contributed by atoms with Crippen molar-refractivity contribution in [1.29, 1.82) is 0 Å². The van der Waals surface area contributed by atoms with Crippen molar-refractivity contribution in [3.63, 3.8) is 0 Å². The Kier molecular flexibility index (Phi) is 5.36. The van der Waals surface area contributed by atoms with Crippen LogP contribution >= 0.6 is 11.3 Å². The second-order valence-corrected chi connectivity index (χ2v) is 4.04. The summed E-state index contributed by atoms with van der Waals surface area (Å²) in [6.07, 6.45) is 6.29. The molecule has 0 spiro atoms. The summed E-state index contributed by atoms with van der Waals surface area (Å²) in [5.74, 6) is 6.38. The van der Waals surface area contributed by atoms with E-state index in [1.807, 2.05) is 6.07 Å². The highest BCUT2D eigenvalue weighted by atomic mass is 32.1. The summed E-state index contributed by atoms with van der Waals surface area (Å²) in [6.45, 7) is 2.23. The summed E-state index contributed by atoms with van der Waals surface area (Å²) in [5, 5.41) is 2.07. The van der Waals surface area contributed by atoms with Crippen molar-refractivity contribution < 1.29 is 0 Å². The lowest BCUT2D eigenvalue weighted by atomic mass is 10.2. The van der Waals surface area contributed by atoms with Crippen LogP contribution in [0.15, 0.2) is 17.5 Å². The molecule has 0 atom stereocenters. The van der Waals surface area contributed by atoms with Crippen LogP contribution in [0, 0.1) is 11.8 Å². The van der Waals surface area contributed by atoms with Gasteiger partial charge >= 0.3 is 0 Å². The maximum atomic E-state index is 3.21. The second-order valence-electron chi connectivity index (χ2n) is 3.09. The zero-order chi connectivity index (χ0) is 9.36. The molecule has 0 aliphatic heterocycles. The zero-order valence-corrected chi connectivity index (χ0v) is 8.99. The smallest absolute Gasteiger partial charge is 0.0768 e. The van der Waals surface area contributed by atoms with Gasteiger partial charge in [-0.2, -0.15) is 0 Å². The van der Waals surface area contributed by atoms with Crippen LogP contribution in [0.4, 0.5) is 0 Å². The monoisotopic (exact) mass is 192 g/mol. The quantitative estimate of drug-likeness (QED) is 0.498. The fourth-order valence-electron chi connectivity index (χ4n) is 1.14. The van der Waals surface area contributed by atoms with E-state index in [9.17, 15) is 0 Å². The zero-order valence-electron chi connectivity index (χ0n) is 8.18. The molecule has 0 radical (unpaired) electrons. The summed E-state index contributed by atoms with van der Waals surface area (Å²) in [6, 6.07) is 4.12. The van der Waals surface area contributed by atoms with Crippen LogP contribution in [-0.4, -0.2) is 0 Å². The largest absolute Gasteiger partial charge is 0.135 e. The van der Waals surface area contributed by atoms with Crippen molar-refractivity contribution in [2.45, 2.75) is 39.0 Å².